The van der Waals surface area contributed by atoms with Gasteiger partial charge < -0.3 is 10.4 Å². The Kier molecular flexibility index (Phi) is 4.05. The van der Waals surface area contributed by atoms with Gasteiger partial charge in [0.1, 0.15) is 0 Å². The molecular weight excluding hydrogens is 300 g/mol. The normalized spacial score (nSPS) is 11.2. The second-order valence-corrected chi connectivity index (χ2v) is 7.08. The van der Waals surface area contributed by atoms with Crippen LogP contribution in [0.3, 0.4) is 0 Å². The van der Waals surface area contributed by atoms with Crippen molar-refractivity contribution in [1.29, 1.82) is 0 Å². The maximum absolute atomic E-state index is 11.3. The van der Waals surface area contributed by atoms with Gasteiger partial charge >= 0.3 is 5.97 Å². The van der Waals surface area contributed by atoms with Crippen LogP contribution in [-0.4, -0.2) is 30.7 Å². The van der Waals surface area contributed by atoms with E-state index in [1.54, 1.807) is 17.5 Å². The predicted molar refractivity (Wildman–Crippen MR) is 76.0 cm³/mol. The van der Waals surface area contributed by atoms with Gasteiger partial charge in [0, 0.05) is 23.1 Å². The summed E-state index contributed by atoms with van der Waals surface area (Å²) in [6, 6.07) is 4.64. The molecule has 0 fully saturated rings. The van der Waals surface area contributed by atoms with Crippen LogP contribution in [0.4, 0.5) is 5.69 Å². The summed E-state index contributed by atoms with van der Waals surface area (Å²) in [7, 11) is -3.29. The lowest BCUT2D eigenvalue weighted by molar-refractivity contribution is 0.0697. The molecule has 0 unspecified atom stereocenters. The molecular formula is C12H12N2O4S2. The molecule has 2 aromatic rings. The molecule has 2 rings (SSSR count). The quantitative estimate of drug-likeness (QED) is 0.874. The first-order valence-electron chi connectivity index (χ1n) is 5.57. The van der Waals surface area contributed by atoms with Crippen LogP contribution in [0.25, 0.3) is 0 Å². The van der Waals surface area contributed by atoms with E-state index in [4.69, 9.17) is 5.11 Å². The Labute approximate surface area is 120 Å². The SMILES string of the molecule is CS(=O)(=O)c1ccc(NCc2cc(C(=O)O)cs2)cn1. The number of sulfone groups is 1. The van der Waals surface area contributed by atoms with Crippen LogP contribution in [0.2, 0.25) is 0 Å². The van der Waals surface area contributed by atoms with Gasteiger partial charge in [0.25, 0.3) is 0 Å². The van der Waals surface area contributed by atoms with Crippen LogP contribution in [-0.2, 0) is 16.4 Å². The Hall–Kier alpha value is -1.93. The zero-order valence-electron chi connectivity index (χ0n) is 10.5. The number of aromatic nitrogens is 1. The maximum Gasteiger partial charge on any atom is 0.336 e. The summed E-state index contributed by atoms with van der Waals surface area (Å²) in [5, 5.41) is 13.5. The first kappa shape index (κ1) is 14.5. The molecule has 0 aliphatic rings. The van der Waals surface area contributed by atoms with Crippen molar-refractivity contribution in [2.24, 2.45) is 0 Å². The Balaban J connectivity index is 2.02. The van der Waals surface area contributed by atoms with Gasteiger partial charge in [-0.2, -0.15) is 0 Å². The number of nitrogens with one attached hydrogen (secondary N) is 1. The first-order valence-corrected chi connectivity index (χ1v) is 8.34. The zero-order valence-corrected chi connectivity index (χ0v) is 12.2. The number of aromatic carboxylic acids is 1. The number of thiophene rings is 1. The van der Waals surface area contributed by atoms with E-state index in [9.17, 15) is 13.2 Å². The van der Waals surface area contributed by atoms with Gasteiger partial charge in [-0.15, -0.1) is 11.3 Å². The van der Waals surface area contributed by atoms with Gasteiger partial charge in [-0.25, -0.2) is 18.2 Å². The number of hydrogen-bond acceptors (Lipinski definition) is 6. The third-order valence-electron chi connectivity index (χ3n) is 2.48. The van der Waals surface area contributed by atoms with Crippen molar-refractivity contribution >= 4 is 32.8 Å². The highest BCUT2D eigenvalue weighted by Gasteiger charge is 2.09. The van der Waals surface area contributed by atoms with Crippen LogP contribution >= 0.6 is 11.3 Å². The second kappa shape index (κ2) is 5.59. The average Bonchev–Trinajstić information content (AvgIpc) is 2.85. The molecule has 0 spiro atoms. The molecule has 0 aliphatic heterocycles. The minimum absolute atomic E-state index is 0.0207. The highest BCUT2D eigenvalue weighted by atomic mass is 32.2. The molecule has 0 atom stereocenters. The Morgan fingerprint density at radius 3 is 2.70 bits per heavy atom. The van der Waals surface area contributed by atoms with Crippen molar-refractivity contribution in [3.05, 3.63) is 40.2 Å². The third kappa shape index (κ3) is 3.55. The van der Waals surface area contributed by atoms with Gasteiger partial charge in [0.2, 0.25) is 0 Å². The zero-order chi connectivity index (χ0) is 14.8. The lowest BCUT2D eigenvalue weighted by Gasteiger charge is -2.04. The van der Waals surface area contributed by atoms with Crippen LogP contribution in [0.5, 0.6) is 0 Å². The van der Waals surface area contributed by atoms with E-state index < -0.39 is 15.8 Å². The second-order valence-electron chi connectivity index (χ2n) is 4.12. The summed E-state index contributed by atoms with van der Waals surface area (Å²) in [5.41, 5.74) is 0.931. The average molecular weight is 312 g/mol. The number of pyridine rings is 1. The van der Waals surface area contributed by atoms with E-state index in [-0.39, 0.29) is 10.6 Å². The van der Waals surface area contributed by atoms with Crippen LogP contribution in [0.1, 0.15) is 15.2 Å². The summed E-state index contributed by atoms with van der Waals surface area (Å²) in [6.45, 7) is 0.456. The molecule has 0 radical (unpaired) electrons. The summed E-state index contributed by atoms with van der Waals surface area (Å²) in [4.78, 5) is 15.5. The maximum atomic E-state index is 11.3. The molecule has 0 aliphatic carbocycles. The number of nitrogens with zero attached hydrogens (tertiary/aromatic N) is 1. The Morgan fingerprint density at radius 2 is 2.20 bits per heavy atom. The van der Waals surface area contributed by atoms with Crippen LogP contribution in [0, 0.1) is 0 Å². The van der Waals surface area contributed by atoms with Crippen LogP contribution < -0.4 is 5.32 Å². The smallest absolute Gasteiger partial charge is 0.336 e. The fraction of sp³-hybridized carbons (Fsp3) is 0.167. The number of anilines is 1. The van der Waals surface area contributed by atoms with Crippen molar-refractivity contribution in [3.8, 4) is 0 Å². The molecule has 2 heterocycles. The minimum atomic E-state index is -3.29. The number of carboxylic acid groups (broad SMARTS) is 1. The highest BCUT2D eigenvalue weighted by molar-refractivity contribution is 7.90. The van der Waals surface area contributed by atoms with Crippen molar-refractivity contribution in [2.75, 3.05) is 11.6 Å². The van der Waals surface area contributed by atoms with E-state index >= 15 is 0 Å². The standard InChI is InChI=1S/C12H12N2O4S2/c1-20(17,18)11-3-2-9(5-14-11)13-6-10-4-8(7-19-10)12(15)16/h2-5,7,13H,6H2,1H3,(H,15,16). The molecule has 0 amide bonds. The van der Waals surface area contributed by atoms with E-state index in [0.717, 1.165) is 11.1 Å². The molecule has 8 heteroatoms. The number of carboxylic acids is 1. The molecule has 6 nitrogen and oxygen atoms in total. The van der Waals surface area contributed by atoms with Crippen molar-refractivity contribution in [1.82, 2.24) is 4.98 Å². The third-order valence-corrected chi connectivity index (χ3v) is 4.42. The van der Waals surface area contributed by atoms with E-state index in [1.165, 1.54) is 23.6 Å². The first-order chi connectivity index (χ1) is 9.36. The topological polar surface area (TPSA) is 96.4 Å². The van der Waals surface area contributed by atoms with E-state index in [2.05, 4.69) is 10.3 Å². The fourth-order valence-corrected chi connectivity index (χ4v) is 2.84. The van der Waals surface area contributed by atoms with E-state index in [1.807, 2.05) is 0 Å². The van der Waals surface area contributed by atoms with Gasteiger partial charge in [0.05, 0.1) is 17.4 Å². The summed E-state index contributed by atoms with van der Waals surface area (Å²) in [6.07, 6.45) is 2.53. The predicted octanol–water partition coefficient (Wildman–Crippen LogP) is 1.86. The molecule has 2 N–H and O–H groups in total. The summed E-state index contributed by atoms with van der Waals surface area (Å²) >= 11 is 1.34. The lowest BCUT2D eigenvalue weighted by atomic mass is 10.3. The monoisotopic (exact) mass is 312 g/mol. The minimum Gasteiger partial charge on any atom is -0.478 e. The van der Waals surface area contributed by atoms with Gasteiger partial charge in [-0.3, -0.25) is 0 Å². The highest BCUT2D eigenvalue weighted by Crippen LogP contribution is 2.17. The van der Waals surface area contributed by atoms with Crippen molar-refractivity contribution in [2.45, 2.75) is 11.6 Å². The molecule has 106 valence electrons. The van der Waals surface area contributed by atoms with E-state index in [0.29, 0.717) is 12.2 Å². The Bertz CT molecular complexity index is 720. The van der Waals surface area contributed by atoms with Gasteiger partial charge in [-0.05, 0) is 18.2 Å². The summed E-state index contributed by atoms with van der Waals surface area (Å²) in [5.74, 6) is -0.952. The molecule has 0 saturated carbocycles. The van der Waals surface area contributed by atoms with Crippen molar-refractivity contribution in [3.63, 3.8) is 0 Å². The number of rotatable bonds is 5. The molecule has 20 heavy (non-hydrogen) atoms. The molecule has 0 aromatic carbocycles. The Morgan fingerprint density at radius 1 is 1.45 bits per heavy atom. The molecule has 0 saturated heterocycles. The van der Waals surface area contributed by atoms with Crippen molar-refractivity contribution < 1.29 is 18.3 Å². The molecule has 2 aromatic heterocycles. The largest absolute Gasteiger partial charge is 0.478 e. The summed E-state index contributed by atoms with van der Waals surface area (Å²) < 4.78 is 22.5. The number of hydrogen-bond donors (Lipinski definition) is 2. The fourth-order valence-electron chi connectivity index (χ4n) is 1.48. The number of carbonyl (C=O) groups is 1. The van der Waals surface area contributed by atoms with Gasteiger partial charge in [0.15, 0.2) is 14.9 Å². The van der Waals surface area contributed by atoms with Crippen LogP contribution in [0.15, 0.2) is 34.8 Å². The molecule has 0 bridgehead atoms. The lowest BCUT2D eigenvalue weighted by Crippen LogP contribution is -2.02. The van der Waals surface area contributed by atoms with Gasteiger partial charge in [-0.1, -0.05) is 0 Å².